The number of benzene rings is 6. The van der Waals surface area contributed by atoms with Gasteiger partial charge in [0.25, 0.3) is 23.6 Å². The number of aliphatic hydroxyl groups is 1. The van der Waals surface area contributed by atoms with Gasteiger partial charge < -0.3 is 42.9 Å². The van der Waals surface area contributed by atoms with Gasteiger partial charge in [0.2, 0.25) is 11.8 Å². The molecule has 0 unspecified atom stereocenters. The molecule has 0 spiro atoms. The Bertz CT molecular complexity index is 4850. The number of rotatable bonds is 19. The minimum atomic E-state index is -3.35. The molecule has 6 aromatic carbocycles. The quantitative estimate of drug-likeness (QED) is 0.0760. The molecule has 6 aromatic heterocycles. The van der Waals surface area contributed by atoms with Crippen molar-refractivity contribution in [2.75, 3.05) is 61.6 Å². The maximum atomic E-state index is 13.0. The molecule has 12 aromatic rings. The third-order valence-electron chi connectivity index (χ3n) is 15.9. The van der Waals surface area contributed by atoms with Crippen molar-refractivity contribution < 1.29 is 43.4 Å². The van der Waals surface area contributed by atoms with Gasteiger partial charge in [-0.15, -0.1) is 30.6 Å². The number of aliphatic hydroxyl groups excluding tert-OH is 1. The van der Waals surface area contributed by atoms with Crippen molar-refractivity contribution in [2.24, 2.45) is 0 Å². The van der Waals surface area contributed by atoms with E-state index >= 15 is 0 Å². The van der Waals surface area contributed by atoms with Crippen molar-refractivity contribution in [3.05, 3.63) is 212 Å². The fourth-order valence-electron chi connectivity index (χ4n) is 10.2. The summed E-state index contributed by atoms with van der Waals surface area (Å²) >= 11 is 0. The van der Waals surface area contributed by atoms with E-state index in [0.29, 0.717) is 98.2 Å². The van der Waals surface area contributed by atoms with Gasteiger partial charge in [-0.05, 0) is 112 Å². The molecule has 0 aliphatic carbocycles. The van der Waals surface area contributed by atoms with Crippen LogP contribution in [0.15, 0.2) is 202 Å². The van der Waals surface area contributed by atoms with Crippen molar-refractivity contribution in [2.45, 2.75) is 43.8 Å². The summed E-state index contributed by atoms with van der Waals surface area (Å²) in [6, 6.07) is 47.1. The van der Waals surface area contributed by atoms with E-state index < -0.39 is 9.84 Å². The van der Waals surface area contributed by atoms with Crippen LogP contribution in [0.4, 0.5) is 0 Å². The Balaban J connectivity index is 0.000000235. The predicted molar refractivity (Wildman–Crippen MR) is 381 cm³/mol. The Labute approximate surface area is 569 Å². The molecular weight excluding hydrogens is 1250 g/mol. The monoisotopic (exact) mass is 1330 g/mol. The molecule has 1 aliphatic heterocycles. The molecule has 97 heavy (non-hydrogen) atoms. The van der Waals surface area contributed by atoms with Crippen LogP contribution in [0.1, 0.15) is 48.2 Å². The lowest BCUT2D eigenvalue weighted by molar-refractivity contribution is 0.201. The Morgan fingerprint density at radius 2 is 0.959 bits per heavy atom. The third kappa shape index (κ3) is 15.7. The molecule has 502 valence electrons. The minimum absolute atomic E-state index is 0. The molecule has 2 N–H and O–H groups in total. The molecule has 1 fully saturated rings. The van der Waals surface area contributed by atoms with Crippen LogP contribution in [0.3, 0.4) is 0 Å². The lowest BCUT2D eigenvalue weighted by Crippen LogP contribution is -2.35. The first-order valence-electron chi connectivity index (χ1n) is 31.0. The highest BCUT2D eigenvalue weighted by atomic mass is 32.2. The van der Waals surface area contributed by atoms with Crippen molar-refractivity contribution in [3.8, 4) is 114 Å². The highest BCUT2D eigenvalue weighted by Gasteiger charge is 2.29. The second kappa shape index (κ2) is 30.3. The lowest BCUT2D eigenvalue weighted by Gasteiger charge is -2.22. The van der Waals surface area contributed by atoms with Gasteiger partial charge in [0, 0.05) is 74.5 Å². The number of piperidine rings is 1. The van der Waals surface area contributed by atoms with Gasteiger partial charge in [0.05, 0.1) is 82.2 Å². The van der Waals surface area contributed by atoms with Crippen LogP contribution in [0, 0.1) is 20.8 Å². The summed E-state index contributed by atoms with van der Waals surface area (Å²) in [6.07, 6.45) is 6.39. The minimum Gasteiger partial charge on any atom is -0.497 e. The predicted octanol–water partition coefficient (Wildman–Crippen LogP) is 13.7. The first kappa shape index (κ1) is 67.0. The van der Waals surface area contributed by atoms with E-state index in [4.69, 9.17) is 37.8 Å². The van der Waals surface area contributed by atoms with Gasteiger partial charge in [-0.3, -0.25) is 15.0 Å². The molecule has 1 saturated heterocycles. The van der Waals surface area contributed by atoms with Crippen LogP contribution in [0.2, 0.25) is 0 Å². The summed E-state index contributed by atoms with van der Waals surface area (Å²) in [5.41, 5.74) is 14.5. The molecule has 0 radical (unpaired) electrons. The van der Waals surface area contributed by atoms with E-state index in [9.17, 15) is 8.42 Å². The van der Waals surface area contributed by atoms with Crippen molar-refractivity contribution >= 4 is 21.2 Å². The van der Waals surface area contributed by atoms with Crippen LogP contribution >= 0.6 is 0 Å². The van der Waals surface area contributed by atoms with Crippen LogP contribution in [0.25, 0.3) is 114 Å². The SMILES string of the molecule is C=C(c1ccc(-c2cnc(C)c(-c3nnc(-c4cccc(OC)c4)o3)n2)cc1)N(C)C.C=C(c1ccc(-c2cnc(C)c(-c3nnc(-c4ccccc4OCCO)o3)n2)cc1)N(C)C.Cc1ncc(-c2ccc(S(=O)(=O)C3CCNCC3)cc2)nc1-c1nnc(-c2ccccc2)o1.[HH].[HH].[HH].[HH].[HH]. The van der Waals surface area contributed by atoms with Gasteiger partial charge in [0.1, 0.15) is 35.2 Å². The third-order valence-corrected chi connectivity index (χ3v) is 18.1. The molecule has 13 rings (SSSR count). The van der Waals surface area contributed by atoms with E-state index in [0.717, 1.165) is 74.9 Å². The molecule has 0 amide bonds. The van der Waals surface area contributed by atoms with Crippen LogP contribution in [0.5, 0.6) is 11.5 Å². The van der Waals surface area contributed by atoms with Gasteiger partial charge in [-0.1, -0.05) is 110 Å². The molecule has 7 heterocycles. The largest absolute Gasteiger partial charge is 0.497 e. The maximum absolute atomic E-state index is 13.0. The second-order valence-electron chi connectivity index (χ2n) is 22.8. The average molecular weight is 1330 g/mol. The summed E-state index contributed by atoms with van der Waals surface area (Å²) in [6.45, 7) is 15.3. The second-order valence-corrected chi connectivity index (χ2v) is 25.1. The fraction of sp³-hybridized carbons (Fsp3) is 0.205. The van der Waals surface area contributed by atoms with Gasteiger partial charge in [-0.25, -0.2) is 23.4 Å². The van der Waals surface area contributed by atoms with Gasteiger partial charge in [0.15, 0.2) is 9.84 Å². The normalized spacial score (nSPS) is 12.2. The summed E-state index contributed by atoms with van der Waals surface area (Å²) < 4.78 is 54.5. The molecule has 24 heteroatoms. The van der Waals surface area contributed by atoms with Gasteiger partial charge >= 0.3 is 0 Å². The van der Waals surface area contributed by atoms with E-state index in [1.807, 2.05) is 180 Å². The average Bonchev–Trinajstić information content (AvgIpc) is 1.52. The van der Waals surface area contributed by atoms with E-state index in [2.05, 4.69) is 69.0 Å². The Morgan fingerprint density at radius 1 is 0.536 bits per heavy atom. The molecule has 23 nitrogen and oxygen atoms in total. The zero-order valence-electron chi connectivity index (χ0n) is 54.9. The number of nitrogens with one attached hydrogen (secondary N) is 1. The first-order chi connectivity index (χ1) is 47.0. The summed E-state index contributed by atoms with van der Waals surface area (Å²) in [5, 5.41) is 37.0. The number of nitrogens with zero attached hydrogens (tertiary/aromatic N) is 14. The smallest absolute Gasteiger partial charge is 0.268 e. The Hall–Kier alpha value is -11.5. The summed E-state index contributed by atoms with van der Waals surface area (Å²) in [5.74, 6) is 3.25. The molecule has 0 bridgehead atoms. The first-order valence-corrected chi connectivity index (χ1v) is 32.6. The number of methoxy groups -OCH3 is 1. The lowest BCUT2D eigenvalue weighted by atomic mass is 10.1. The highest BCUT2D eigenvalue weighted by molar-refractivity contribution is 7.92. The maximum Gasteiger partial charge on any atom is 0.268 e. The number of aryl methyl sites for hydroxylation is 3. The van der Waals surface area contributed by atoms with Crippen molar-refractivity contribution in [3.63, 3.8) is 0 Å². The van der Waals surface area contributed by atoms with Crippen LogP contribution < -0.4 is 14.8 Å². The molecule has 1 aliphatic rings. The number of hydrogen-bond donors (Lipinski definition) is 2. The van der Waals surface area contributed by atoms with Crippen LogP contribution in [-0.4, -0.2) is 151 Å². The van der Waals surface area contributed by atoms with E-state index in [1.165, 1.54) is 0 Å². The molecule has 0 saturated carbocycles. The topological polar surface area (TPSA) is 285 Å². The van der Waals surface area contributed by atoms with Crippen LogP contribution in [-0.2, 0) is 9.84 Å². The number of hydrogen-bond acceptors (Lipinski definition) is 23. The number of para-hydroxylation sites is 1. The highest BCUT2D eigenvalue weighted by Crippen LogP contribution is 2.35. The number of ether oxygens (including phenoxy) is 2. The zero-order valence-corrected chi connectivity index (χ0v) is 55.7. The summed E-state index contributed by atoms with van der Waals surface area (Å²) in [7, 11) is 6.13. The molecular formula is C73H81N15O8S. The molecule has 0 atom stereocenters. The fourth-order valence-corrected chi connectivity index (χ4v) is 12.0. The van der Waals surface area contributed by atoms with E-state index in [1.54, 1.807) is 56.0 Å². The standard InChI is InChI=1S/C25H25N5O3.C24H23N5O3S.C24H23N5O2.5H2/c1-16-23(25-29-28-24(33-25)20-7-5-6-8-22(20)32-14-13-31)27-21(15-26-16)19-11-9-18(10-12-19)17(2)30(3)4;1-16-22(24-29-28-23(32-24)18-5-3-2-4-6-18)27-21(15-26-16)17-7-9-19(10-8-17)33(30,31)20-11-13-25-14-12-20;1-15-22(24-28-27-23(31-24)19-7-6-8-20(13-19)30-5)26-21(14-25-15)18-11-9-17(10-12-18)16(2)29(3)4;;;;;/h5-12,15,31H,2,13-14H2,1,3-4H3;2-10,15,20,25H,11-14H2,1H3;6-14H,2H2,1,3-5H3;5*1H. The zero-order chi connectivity index (χ0) is 68.2. The Kier molecular flexibility index (Phi) is 20.9. The Morgan fingerprint density at radius 3 is 1.43 bits per heavy atom. The van der Waals surface area contributed by atoms with Crippen molar-refractivity contribution in [1.82, 2.24) is 75.6 Å². The van der Waals surface area contributed by atoms with Gasteiger partial charge in [-0.2, -0.15) is 0 Å². The van der Waals surface area contributed by atoms with E-state index in [-0.39, 0.29) is 37.4 Å². The number of sulfone groups is 1. The van der Waals surface area contributed by atoms with Crippen molar-refractivity contribution in [1.29, 1.82) is 0 Å². The number of aromatic nitrogens is 12. The summed E-state index contributed by atoms with van der Waals surface area (Å²) in [4.78, 5) is 31.9.